The molecule has 0 amide bonds. The number of nitrogens with one attached hydrogen (secondary N) is 1. The van der Waals surface area contributed by atoms with Crippen LogP contribution in [0.15, 0.2) is 24.3 Å². The smallest absolute Gasteiger partial charge is 0.317 e. The van der Waals surface area contributed by atoms with E-state index in [1.165, 1.54) is 4.57 Å². The zero-order valence-electron chi connectivity index (χ0n) is 11.0. The predicted octanol–water partition coefficient (Wildman–Crippen LogP) is 3.41. The molecule has 0 bridgehead atoms. The normalized spacial score (nSPS) is 20.4. The maximum absolute atomic E-state index is 12.8. The van der Waals surface area contributed by atoms with Gasteiger partial charge in [0.1, 0.15) is 12.4 Å². The first-order valence-electron chi connectivity index (χ1n) is 6.80. The maximum Gasteiger partial charge on any atom is 0.406 e. The van der Waals surface area contributed by atoms with E-state index in [2.05, 4.69) is 10.3 Å². The number of para-hydroxylation sites is 2. The summed E-state index contributed by atoms with van der Waals surface area (Å²) in [4.78, 5) is 4.42. The van der Waals surface area contributed by atoms with Crippen LogP contribution in [0.2, 0.25) is 0 Å². The molecule has 1 aliphatic rings. The van der Waals surface area contributed by atoms with Crippen LogP contribution in [-0.4, -0.2) is 22.3 Å². The zero-order chi connectivity index (χ0) is 14.2. The molecule has 1 N–H and O–H groups in total. The second-order valence-electron chi connectivity index (χ2n) is 5.16. The largest absolute Gasteiger partial charge is 0.406 e. The molecule has 20 heavy (non-hydrogen) atoms. The van der Waals surface area contributed by atoms with E-state index in [1.54, 1.807) is 24.3 Å². The second kappa shape index (κ2) is 5.09. The zero-order valence-corrected chi connectivity index (χ0v) is 11.0. The van der Waals surface area contributed by atoms with Gasteiger partial charge in [-0.1, -0.05) is 18.6 Å². The predicted molar refractivity (Wildman–Crippen MR) is 70.4 cm³/mol. The number of halogens is 3. The number of hydrogen-bond donors (Lipinski definition) is 1. The Morgan fingerprint density at radius 3 is 2.75 bits per heavy atom. The summed E-state index contributed by atoms with van der Waals surface area (Å²) >= 11 is 0. The van der Waals surface area contributed by atoms with Gasteiger partial charge >= 0.3 is 6.18 Å². The Labute approximate surface area is 114 Å². The van der Waals surface area contributed by atoms with Crippen molar-refractivity contribution in [2.75, 3.05) is 6.54 Å². The van der Waals surface area contributed by atoms with Crippen molar-refractivity contribution in [3.63, 3.8) is 0 Å². The molecule has 1 atom stereocenters. The molecule has 0 saturated carbocycles. The summed E-state index contributed by atoms with van der Waals surface area (Å²) in [6.45, 7) is -0.152. The summed E-state index contributed by atoms with van der Waals surface area (Å²) in [7, 11) is 0. The van der Waals surface area contributed by atoms with E-state index in [0.717, 1.165) is 25.8 Å². The molecule has 2 aromatic rings. The average Bonchev–Trinajstić information content (AvgIpc) is 2.77. The summed E-state index contributed by atoms with van der Waals surface area (Å²) in [6, 6.07) is 6.91. The van der Waals surface area contributed by atoms with Gasteiger partial charge in [0.05, 0.1) is 17.1 Å². The highest BCUT2D eigenvalue weighted by Gasteiger charge is 2.32. The van der Waals surface area contributed by atoms with Gasteiger partial charge in [-0.25, -0.2) is 4.98 Å². The van der Waals surface area contributed by atoms with Gasteiger partial charge < -0.3 is 9.88 Å². The Morgan fingerprint density at radius 2 is 2.05 bits per heavy atom. The van der Waals surface area contributed by atoms with E-state index in [0.29, 0.717) is 16.9 Å². The molecular formula is C14H16F3N3. The van der Waals surface area contributed by atoms with Crippen LogP contribution < -0.4 is 5.32 Å². The lowest BCUT2D eigenvalue weighted by molar-refractivity contribution is -0.140. The number of hydrogen-bond acceptors (Lipinski definition) is 2. The molecule has 2 heterocycles. The summed E-state index contributed by atoms with van der Waals surface area (Å²) in [5.41, 5.74) is 1.17. The monoisotopic (exact) mass is 283 g/mol. The number of rotatable bonds is 2. The van der Waals surface area contributed by atoms with Gasteiger partial charge in [0, 0.05) is 0 Å². The molecule has 1 aliphatic heterocycles. The molecule has 1 aromatic carbocycles. The number of imidazole rings is 1. The number of fused-ring (bicyclic) bond motifs is 1. The minimum Gasteiger partial charge on any atom is -0.317 e. The van der Waals surface area contributed by atoms with Crippen LogP contribution in [0, 0.1) is 0 Å². The van der Waals surface area contributed by atoms with E-state index in [-0.39, 0.29) is 6.04 Å². The van der Waals surface area contributed by atoms with Crippen LogP contribution in [0.5, 0.6) is 0 Å². The molecule has 1 unspecified atom stereocenters. The van der Waals surface area contributed by atoms with Crippen LogP contribution in [0.3, 0.4) is 0 Å². The third-order valence-corrected chi connectivity index (χ3v) is 3.64. The van der Waals surface area contributed by atoms with E-state index in [1.807, 2.05) is 0 Å². The minimum atomic E-state index is -4.24. The van der Waals surface area contributed by atoms with E-state index >= 15 is 0 Å². The number of benzene rings is 1. The molecule has 108 valence electrons. The van der Waals surface area contributed by atoms with Crippen molar-refractivity contribution in [1.82, 2.24) is 14.9 Å². The Kier molecular flexibility index (Phi) is 3.41. The Balaban J connectivity index is 2.06. The van der Waals surface area contributed by atoms with Gasteiger partial charge in [0.25, 0.3) is 0 Å². The highest BCUT2D eigenvalue weighted by Crippen LogP contribution is 2.29. The first kappa shape index (κ1) is 13.4. The fraction of sp³-hybridized carbons (Fsp3) is 0.500. The standard InChI is InChI=1S/C14H16F3N3/c15-14(16,17)9-20-12-7-2-1-5-10(12)19-13(20)11-6-3-4-8-18-11/h1-2,5,7,11,18H,3-4,6,8-9H2. The Hall–Kier alpha value is -1.56. The summed E-state index contributed by atoms with van der Waals surface area (Å²) < 4.78 is 39.8. The van der Waals surface area contributed by atoms with Gasteiger partial charge in [0.2, 0.25) is 0 Å². The van der Waals surface area contributed by atoms with Crippen molar-refractivity contribution in [2.24, 2.45) is 0 Å². The molecule has 3 nitrogen and oxygen atoms in total. The van der Waals surface area contributed by atoms with Crippen molar-refractivity contribution >= 4 is 11.0 Å². The lowest BCUT2D eigenvalue weighted by atomic mass is 10.0. The molecule has 1 fully saturated rings. The van der Waals surface area contributed by atoms with E-state index < -0.39 is 12.7 Å². The molecule has 0 aliphatic carbocycles. The summed E-state index contributed by atoms with van der Waals surface area (Å²) in [5, 5.41) is 3.27. The van der Waals surface area contributed by atoms with Crippen molar-refractivity contribution in [3.8, 4) is 0 Å². The quantitative estimate of drug-likeness (QED) is 0.915. The van der Waals surface area contributed by atoms with E-state index in [4.69, 9.17) is 0 Å². The molecule has 1 saturated heterocycles. The SMILES string of the molecule is FC(F)(F)Cn1c(C2CCCCN2)nc2ccccc21. The summed E-state index contributed by atoms with van der Waals surface area (Å²) in [5.74, 6) is 0.503. The van der Waals surface area contributed by atoms with Gasteiger partial charge in [0.15, 0.2) is 0 Å². The Bertz CT molecular complexity index is 597. The fourth-order valence-electron chi connectivity index (χ4n) is 2.78. The summed E-state index contributed by atoms with van der Waals surface area (Å²) in [6.07, 6.45) is -1.32. The van der Waals surface area contributed by atoms with Gasteiger partial charge in [-0.05, 0) is 31.5 Å². The topological polar surface area (TPSA) is 29.9 Å². The van der Waals surface area contributed by atoms with Crippen molar-refractivity contribution in [2.45, 2.75) is 38.0 Å². The number of piperidine rings is 1. The molecule has 1 aromatic heterocycles. The van der Waals surface area contributed by atoms with Gasteiger partial charge in [-0.3, -0.25) is 0 Å². The van der Waals surface area contributed by atoms with Crippen LogP contribution in [-0.2, 0) is 6.54 Å². The molecule has 0 radical (unpaired) electrons. The second-order valence-corrected chi connectivity index (χ2v) is 5.16. The van der Waals surface area contributed by atoms with Crippen molar-refractivity contribution in [3.05, 3.63) is 30.1 Å². The van der Waals surface area contributed by atoms with Gasteiger partial charge in [-0.15, -0.1) is 0 Å². The van der Waals surface area contributed by atoms with Crippen LogP contribution in [0.4, 0.5) is 13.2 Å². The average molecular weight is 283 g/mol. The highest BCUT2D eigenvalue weighted by molar-refractivity contribution is 5.76. The van der Waals surface area contributed by atoms with Crippen LogP contribution in [0.1, 0.15) is 31.1 Å². The molecular weight excluding hydrogens is 267 g/mol. The minimum absolute atomic E-state index is 0.0847. The molecule has 0 spiro atoms. The van der Waals surface area contributed by atoms with E-state index in [9.17, 15) is 13.2 Å². The third-order valence-electron chi connectivity index (χ3n) is 3.64. The first-order chi connectivity index (χ1) is 9.54. The number of nitrogens with zero attached hydrogens (tertiary/aromatic N) is 2. The maximum atomic E-state index is 12.8. The number of alkyl halides is 3. The number of aromatic nitrogens is 2. The van der Waals surface area contributed by atoms with Crippen LogP contribution in [0.25, 0.3) is 11.0 Å². The Morgan fingerprint density at radius 1 is 1.25 bits per heavy atom. The molecule has 6 heteroatoms. The third kappa shape index (κ3) is 2.65. The van der Waals surface area contributed by atoms with Crippen LogP contribution >= 0.6 is 0 Å². The van der Waals surface area contributed by atoms with Gasteiger partial charge in [-0.2, -0.15) is 13.2 Å². The van der Waals surface area contributed by atoms with Crippen molar-refractivity contribution < 1.29 is 13.2 Å². The molecule has 3 rings (SSSR count). The highest BCUT2D eigenvalue weighted by atomic mass is 19.4. The van der Waals surface area contributed by atoms with Crippen molar-refractivity contribution in [1.29, 1.82) is 0 Å². The lowest BCUT2D eigenvalue weighted by Gasteiger charge is -2.24. The lowest BCUT2D eigenvalue weighted by Crippen LogP contribution is -2.30. The first-order valence-corrected chi connectivity index (χ1v) is 6.80. The fourth-order valence-corrected chi connectivity index (χ4v) is 2.78.